The van der Waals surface area contributed by atoms with E-state index in [2.05, 4.69) is 20.2 Å². The number of carbonyl (C=O) groups excluding carboxylic acids is 3. The fourth-order valence-corrected chi connectivity index (χ4v) is 5.86. The van der Waals surface area contributed by atoms with Crippen LogP contribution in [0, 0.1) is 23.4 Å². The lowest BCUT2D eigenvalue weighted by molar-refractivity contribution is -0.140. The summed E-state index contributed by atoms with van der Waals surface area (Å²) < 4.78 is 84.5. The molecule has 1 heterocycles. The van der Waals surface area contributed by atoms with E-state index in [-0.39, 0.29) is 26.7 Å². The third-order valence-electron chi connectivity index (χ3n) is 6.63. The van der Waals surface area contributed by atoms with Gasteiger partial charge in [0.15, 0.2) is 5.82 Å². The number of hydrogen-bond acceptors (Lipinski definition) is 6. The highest BCUT2D eigenvalue weighted by molar-refractivity contribution is 7.07. The average Bonchev–Trinajstić information content (AvgIpc) is 3.27. The maximum atomic E-state index is 15.1. The highest BCUT2D eigenvalue weighted by atomic mass is 35.5. The lowest BCUT2D eigenvalue weighted by Gasteiger charge is -2.13. The maximum Gasteiger partial charge on any atom is 0.419 e. The summed E-state index contributed by atoms with van der Waals surface area (Å²) in [7, 11) is 0. The van der Waals surface area contributed by atoms with Gasteiger partial charge in [-0.3, -0.25) is 14.4 Å². The zero-order chi connectivity index (χ0) is 32.8. The number of hydrogen-bond donors (Lipinski definition) is 3. The SMILES string of the molecule is O=C(Nc1c(F)ccc(NC(=O)c2cc(NC(=O)C3[C@H](c4ccc(F)c(C(F)(F)F)c4)C3(Cl)Cl)ccc2Cl)c1F)c1cnns1. The van der Waals surface area contributed by atoms with Crippen molar-refractivity contribution in [1.29, 1.82) is 0 Å². The zero-order valence-corrected chi connectivity index (χ0v) is 24.9. The molecule has 2 atom stereocenters. The molecule has 234 valence electrons. The van der Waals surface area contributed by atoms with E-state index in [1.807, 2.05) is 5.32 Å². The highest BCUT2D eigenvalue weighted by Crippen LogP contribution is 2.65. The number of anilines is 3. The Balaban J connectivity index is 1.32. The van der Waals surface area contributed by atoms with Crippen LogP contribution in [0.5, 0.6) is 0 Å². The molecule has 8 nitrogen and oxygen atoms in total. The predicted octanol–water partition coefficient (Wildman–Crippen LogP) is 7.66. The first-order chi connectivity index (χ1) is 21.1. The normalized spacial score (nSPS) is 17.0. The van der Waals surface area contributed by atoms with Crippen LogP contribution in [-0.4, -0.2) is 31.6 Å². The second-order valence-corrected chi connectivity index (χ2v) is 12.2. The van der Waals surface area contributed by atoms with Gasteiger partial charge in [-0.1, -0.05) is 22.2 Å². The number of rotatable bonds is 7. The molecule has 1 aromatic heterocycles. The van der Waals surface area contributed by atoms with Crippen molar-refractivity contribution in [2.75, 3.05) is 16.0 Å². The van der Waals surface area contributed by atoms with Gasteiger partial charge in [0.2, 0.25) is 5.91 Å². The summed E-state index contributed by atoms with van der Waals surface area (Å²) in [4.78, 5) is 38.3. The lowest BCUT2D eigenvalue weighted by atomic mass is 10.0. The van der Waals surface area contributed by atoms with Crippen LogP contribution in [0.1, 0.15) is 37.1 Å². The molecular weight excluding hydrogens is 695 g/mol. The Morgan fingerprint density at radius 1 is 0.889 bits per heavy atom. The summed E-state index contributed by atoms with van der Waals surface area (Å²) in [5, 5.41) is 10.0. The molecule has 4 aromatic rings. The minimum Gasteiger partial charge on any atom is -0.326 e. The number of alkyl halides is 5. The first kappa shape index (κ1) is 32.5. The van der Waals surface area contributed by atoms with Gasteiger partial charge >= 0.3 is 6.18 Å². The third kappa shape index (κ3) is 6.57. The number of carbonyl (C=O) groups is 3. The van der Waals surface area contributed by atoms with Crippen molar-refractivity contribution in [2.45, 2.75) is 16.4 Å². The Morgan fingerprint density at radius 2 is 1.60 bits per heavy atom. The summed E-state index contributed by atoms with van der Waals surface area (Å²) in [6, 6.07) is 7.48. The molecule has 1 fully saturated rings. The second-order valence-electron chi connectivity index (χ2n) is 9.52. The van der Waals surface area contributed by atoms with E-state index in [9.17, 15) is 36.3 Å². The van der Waals surface area contributed by atoms with E-state index in [0.717, 1.165) is 30.5 Å². The quantitative estimate of drug-likeness (QED) is 0.135. The Hall–Kier alpha value is -3.92. The highest BCUT2D eigenvalue weighted by Gasteiger charge is 2.67. The average molecular weight is 709 g/mol. The molecule has 1 unspecified atom stereocenters. The van der Waals surface area contributed by atoms with E-state index in [1.54, 1.807) is 0 Å². The topological polar surface area (TPSA) is 113 Å². The molecule has 1 aliphatic carbocycles. The number of amides is 3. The van der Waals surface area contributed by atoms with Crippen molar-refractivity contribution >= 4 is 81.1 Å². The summed E-state index contributed by atoms with van der Waals surface area (Å²) in [6.45, 7) is 0. The molecule has 18 heteroatoms. The van der Waals surface area contributed by atoms with Gasteiger partial charge in [-0.05, 0) is 59.6 Å². The fraction of sp³-hybridized carbons (Fsp3) is 0.148. The molecule has 0 radical (unpaired) electrons. The molecule has 45 heavy (non-hydrogen) atoms. The van der Waals surface area contributed by atoms with Crippen LogP contribution in [0.4, 0.5) is 43.4 Å². The van der Waals surface area contributed by atoms with E-state index in [4.69, 9.17) is 34.8 Å². The van der Waals surface area contributed by atoms with Gasteiger partial charge in [-0.15, -0.1) is 28.3 Å². The standard InChI is InChI=1S/C27H14Cl3F6N5O3S/c28-14-3-2-11(38-25(44)20-19(26(20,29)30)10-1-4-15(31)13(7-10)27(34,35)36)8-12(14)23(42)39-17-6-5-16(32)22(21(17)33)40-24(43)18-9-37-41-45-18/h1-9,19-20H,(H,38,44)(H,39,42)(H,40,43)/t19-,20?/m0/s1. The molecule has 1 aliphatic rings. The first-order valence-corrected chi connectivity index (χ1v) is 14.2. The second kappa shape index (κ2) is 12.1. The molecule has 0 bridgehead atoms. The number of nitrogens with one attached hydrogen (secondary N) is 3. The minimum atomic E-state index is -5.00. The molecule has 0 spiro atoms. The van der Waals surface area contributed by atoms with Gasteiger partial charge in [0.05, 0.1) is 34.0 Å². The van der Waals surface area contributed by atoms with Crippen LogP contribution in [0.25, 0.3) is 0 Å². The Morgan fingerprint density at radius 3 is 2.27 bits per heavy atom. The van der Waals surface area contributed by atoms with E-state index < -0.39 is 74.5 Å². The largest absolute Gasteiger partial charge is 0.419 e. The summed E-state index contributed by atoms with van der Waals surface area (Å²) in [5.41, 5.74) is -3.35. The van der Waals surface area contributed by atoms with Gasteiger partial charge in [0.1, 0.15) is 26.5 Å². The number of nitrogens with zero attached hydrogens (tertiary/aromatic N) is 2. The Kier molecular flexibility index (Phi) is 8.74. The Labute approximate surface area is 267 Å². The van der Waals surface area contributed by atoms with Crippen molar-refractivity contribution in [1.82, 2.24) is 9.59 Å². The van der Waals surface area contributed by atoms with Crippen LogP contribution >= 0.6 is 46.3 Å². The van der Waals surface area contributed by atoms with Crippen molar-refractivity contribution in [2.24, 2.45) is 5.92 Å². The summed E-state index contributed by atoms with van der Waals surface area (Å²) in [5.74, 6) is -9.07. The van der Waals surface area contributed by atoms with Crippen LogP contribution in [0.2, 0.25) is 5.02 Å². The molecule has 5 rings (SSSR count). The summed E-state index contributed by atoms with van der Waals surface area (Å²) in [6.07, 6.45) is -3.91. The van der Waals surface area contributed by atoms with Crippen molar-refractivity contribution in [3.63, 3.8) is 0 Å². The van der Waals surface area contributed by atoms with E-state index in [1.165, 1.54) is 12.1 Å². The smallest absolute Gasteiger partial charge is 0.326 e. The van der Waals surface area contributed by atoms with Crippen molar-refractivity contribution in [3.8, 4) is 0 Å². The number of aromatic nitrogens is 2. The van der Waals surface area contributed by atoms with Gasteiger partial charge in [0, 0.05) is 11.6 Å². The van der Waals surface area contributed by atoms with Gasteiger partial charge < -0.3 is 16.0 Å². The monoisotopic (exact) mass is 707 g/mol. The minimum absolute atomic E-state index is 0.0230. The van der Waals surface area contributed by atoms with Crippen LogP contribution in [-0.2, 0) is 11.0 Å². The van der Waals surface area contributed by atoms with Crippen molar-refractivity contribution < 1.29 is 40.7 Å². The molecule has 3 N–H and O–H groups in total. The zero-order valence-electron chi connectivity index (χ0n) is 21.8. The molecular formula is C27H14Cl3F6N5O3S. The number of benzene rings is 3. The molecule has 0 saturated heterocycles. The lowest BCUT2D eigenvalue weighted by Crippen LogP contribution is -2.19. The van der Waals surface area contributed by atoms with Crippen molar-refractivity contribution in [3.05, 3.63) is 98.8 Å². The van der Waals surface area contributed by atoms with Crippen LogP contribution in [0.15, 0.2) is 54.7 Å². The maximum absolute atomic E-state index is 15.1. The number of halogens is 9. The first-order valence-electron chi connectivity index (χ1n) is 12.3. The summed E-state index contributed by atoms with van der Waals surface area (Å²) >= 11 is 19.3. The third-order valence-corrected chi connectivity index (χ3v) is 8.57. The van der Waals surface area contributed by atoms with Crippen LogP contribution < -0.4 is 16.0 Å². The molecule has 0 aliphatic heterocycles. The van der Waals surface area contributed by atoms with Gasteiger partial charge in [-0.2, -0.15) is 13.2 Å². The van der Waals surface area contributed by atoms with Crippen LogP contribution in [0.3, 0.4) is 0 Å². The molecule has 3 aromatic carbocycles. The predicted molar refractivity (Wildman–Crippen MR) is 154 cm³/mol. The van der Waals surface area contributed by atoms with E-state index in [0.29, 0.717) is 23.7 Å². The van der Waals surface area contributed by atoms with E-state index >= 15 is 4.39 Å². The molecule has 3 amide bonds. The molecule has 1 saturated carbocycles. The fourth-order valence-electron chi connectivity index (χ4n) is 4.41. The van der Waals surface area contributed by atoms with Gasteiger partial charge in [-0.25, -0.2) is 13.2 Å². The Bertz CT molecular complexity index is 1840. The van der Waals surface area contributed by atoms with Gasteiger partial charge in [0.25, 0.3) is 11.8 Å².